The van der Waals surface area contributed by atoms with Crippen molar-refractivity contribution < 1.29 is 18.5 Å². The zero-order chi connectivity index (χ0) is 18.5. The lowest BCUT2D eigenvalue weighted by Gasteiger charge is -2.17. The fourth-order valence-corrected chi connectivity index (χ4v) is 3.49. The van der Waals surface area contributed by atoms with Gasteiger partial charge in [0.15, 0.2) is 18.1 Å². The first-order valence-electron chi connectivity index (χ1n) is 7.84. The molecule has 0 aliphatic rings. The summed E-state index contributed by atoms with van der Waals surface area (Å²) in [6, 6.07) is 10.4. The smallest absolute Gasteiger partial charge is 0.279 e. The van der Waals surface area contributed by atoms with Crippen molar-refractivity contribution >= 4 is 46.4 Å². The summed E-state index contributed by atoms with van der Waals surface area (Å²) in [6.07, 6.45) is 3.21. The van der Waals surface area contributed by atoms with Gasteiger partial charge in [-0.3, -0.25) is 4.79 Å². The van der Waals surface area contributed by atoms with Gasteiger partial charge in [0, 0.05) is 5.02 Å². The Morgan fingerprint density at radius 2 is 1.50 bits per heavy atom. The lowest BCUT2D eigenvalue weighted by atomic mass is 10.3. The van der Waals surface area contributed by atoms with Gasteiger partial charge in [-0.2, -0.15) is 0 Å². The van der Waals surface area contributed by atoms with E-state index in [0.29, 0.717) is 23.8 Å². The maximum absolute atomic E-state index is 12.5. The standard InChI is InChI=1S/C18H15Cl3N2O3/c19-12-7-15(20)18(16(21)8-12)22-17(24)11-23(9-13-3-1-5-25-13)10-14-4-2-6-26-14/h1-8H,9-11H2,(H,22,24)/p+1. The monoisotopic (exact) mass is 413 g/mol. The maximum Gasteiger partial charge on any atom is 0.279 e. The number of benzene rings is 1. The minimum atomic E-state index is -0.232. The Bertz CT molecular complexity index is 805. The summed E-state index contributed by atoms with van der Waals surface area (Å²) >= 11 is 18.1. The van der Waals surface area contributed by atoms with Crippen molar-refractivity contribution in [1.29, 1.82) is 0 Å². The molecule has 0 aliphatic carbocycles. The number of carbonyl (C=O) groups is 1. The molecule has 0 bridgehead atoms. The normalized spacial score (nSPS) is 11.1. The predicted octanol–water partition coefficient (Wildman–Crippen LogP) is 4.06. The fourth-order valence-electron chi connectivity index (χ4n) is 2.58. The van der Waals surface area contributed by atoms with Gasteiger partial charge in [0.25, 0.3) is 5.91 Å². The number of hydrogen-bond donors (Lipinski definition) is 2. The molecular formula is C18H16Cl3N2O3+. The number of carbonyl (C=O) groups excluding carboxylic acids is 1. The topological polar surface area (TPSA) is 59.8 Å². The fraction of sp³-hybridized carbons (Fsp3) is 0.167. The van der Waals surface area contributed by atoms with E-state index in [1.165, 1.54) is 12.1 Å². The van der Waals surface area contributed by atoms with Crippen LogP contribution in [0.2, 0.25) is 15.1 Å². The summed E-state index contributed by atoms with van der Waals surface area (Å²) in [5.41, 5.74) is 0.345. The molecule has 3 aromatic rings. The van der Waals surface area contributed by atoms with Crippen LogP contribution in [-0.4, -0.2) is 12.5 Å². The molecule has 1 amide bonds. The molecule has 0 saturated heterocycles. The van der Waals surface area contributed by atoms with E-state index in [4.69, 9.17) is 43.6 Å². The summed E-state index contributed by atoms with van der Waals surface area (Å²) < 4.78 is 10.8. The van der Waals surface area contributed by atoms with Gasteiger partial charge < -0.3 is 19.1 Å². The zero-order valence-electron chi connectivity index (χ0n) is 13.6. The lowest BCUT2D eigenvalue weighted by Crippen LogP contribution is -3.10. The summed E-state index contributed by atoms with van der Waals surface area (Å²) in [6.45, 7) is 1.24. The molecule has 26 heavy (non-hydrogen) atoms. The third kappa shape index (κ3) is 5.05. The molecule has 8 heteroatoms. The predicted molar refractivity (Wildman–Crippen MR) is 101 cm³/mol. The quantitative estimate of drug-likeness (QED) is 0.613. The highest BCUT2D eigenvalue weighted by molar-refractivity contribution is 6.42. The van der Waals surface area contributed by atoms with Gasteiger partial charge in [-0.25, -0.2) is 0 Å². The largest absolute Gasteiger partial charge is 0.463 e. The Labute approximate surface area is 165 Å². The molecule has 0 aliphatic heterocycles. The van der Waals surface area contributed by atoms with Crippen LogP contribution in [0.4, 0.5) is 5.69 Å². The zero-order valence-corrected chi connectivity index (χ0v) is 15.9. The van der Waals surface area contributed by atoms with E-state index < -0.39 is 0 Å². The highest BCUT2D eigenvalue weighted by Crippen LogP contribution is 2.33. The van der Waals surface area contributed by atoms with Crippen molar-refractivity contribution in [2.24, 2.45) is 0 Å². The van der Waals surface area contributed by atoms with Crippen LogP contribution in [0.15, 0.2) is 57.8 Å². The third-order valence-electron chi connectivity index (χ3n) is 3.69. The molecule has 0 radical (unpaired) electrons. The Morgan fingerprint density at radius 1 is 0.962 bits per heavy atom. The van der Waals surface area contributed by atoms with Crippen molar-refractivity contribution in [2.45, 2.75) is 13.1 Å². The van der Waals surface area contributed by atoms with Crippen LogP contribution in [0, 0.1) is 0 Å². The van der Waals surface area contributed by atoms with Crippen LogP contribution in [-0.2, 0) is 17.9 Å². The van der Waals surface area contributed by atoms with Crippen molar-refractivity contribution in [1.82, 2.24) is 0 Å². The molecule has 2 N–H and O–H groups in total. The van der Waals surface area contributed by atoms with Crippen molar-refractivity contribution in [3.8, 4) is 0 Å². The first kappa shape index (κ1) is 18.9. The Balaban J connectivity index is 1.70. The molecule has 5 nitrogen and oxygen atoms in total. The second-order valence-electron chi connectivity index (χ2n) is 5.73. The van der Waals surface area contributed by atoms with Gasteiger partial charge in [0.2, 0.25) is 0 Å². The van der Waals surface area contributed by atoms with Crippen LogP contribution in [0.5, 0.6) is 0 Å². The molecule has 2 aromatic heterocycles. The van der Waals surface area contributed by atoms with Crippen molar-refractivity contribution in [3.05, 3.63) is 75.5 Å². The average Bonchev–Trinajstić information content (AvgIpc) is 3.24. The number of hydrogen-bond acceptors (Lipinski definition) is 3. The molecule has 136 valence electrons. The molecule has 1 aromatic carbocycles. The van der Waals surface area contributed by atoms with E-state index in [1.54, 1.807) is 12.5 Å². The molecular weight excluding hydrogens is 399 g/mol. The van der Waals surface area contributed by atoms with Gasteiger partial charge in [-0.15, -0.1) is 0 Å². The number of furan rings is 2. The molecule has 0 atom stereocenters. The minimum absolute atomic E-state index is 0.177. The van der Waals surface area contributed by atoms with Gasteiger partial charge in [0.1, 0.15) is 13.1 Å². The Kier molecular flexibility index (Phi) is 6.27. The van der Waals surface area contributed by atoms with Crippen LogP contribution in [0.1, 0.15) is 11.5 Å². The first-order valence-corrected chi connectivity index (χ1v) is 8.97. The average molecular weight is 415 g/mol. The second-order valence-corrected chi connectivity index (χ2v) is 6.98. The van der Waals surface area contributed by atoms with Crippen molar-refractivity contribution in [2.75, 3.05) is 11.9 Å². The number of halogens is 3. The summed E-state index contributed by atoms with van der Waals surface area (Å²) in [5, 5.41) is 3.73. The summed E-state index contributed by atoms with van der Waals surface area (Å²) in [4.78, 5) is 13.5. The maximum atomic E-state index is 12.5. The van der Waals surface area contributed by atoms with Gasteiger partial charge >= 0.3 is 0 Å². The molecule has 0 spiro atoms. The second kappa shape index (κ2) is 8.64. The summed E-state index contributed by atoms with van der Waals surface area (Å²) in [7, 11) is 0. The highest BCUT2D eigenvalue weighted by atomic mass is 35.5. The van der Waals surface area contributed by atoms with Crippen LogP contribution in [0.3, 0.4) is 0 Å². The number of amides is 1. The Hall–Kier alpha value is -1.92. The third-order valence-corrected chi connectivity index (χ3v) is 4.50. The number of rotatable bonds is 7. The number of nitrogens with one attached hydrogen (secondary N) is 2. The highest BCUT2D eigenvalue weighted by Gasteiger charge is 2.20. The summed E-state index contributed by atoms with van der Waals surface area (Å²) in [5.74, 6) is 1.33. The number of anilines is 1. The lowest BCUT2D eigenvalue weighted by molar-refractivity contribution is -0.921. The van der Waals surface area contributed by atoms with Crippen LogP contribution < -0.4 is 10.2 Å². The van der Waals surface area contributed by atoms with Gasteiger partial charge in [-0.1, -0.05) is 34.8 Å². The molecule has 2 heterocycles. The molecule has 0 fully saturated rings. The van der Waals surface area contributed by atoms with Gasteiger partial charge in [-0.05, 0) is 36.4 Å². The van der Waals surface area contributed by atoms with E-state index in [9.17, 15) is 4.79 Å². The molecule has 3 rings (SSSR count). The SMILES string of the molecule is O=C(C[NH+](Cc1ccco1)Cc1ccco1)Nc1c(Cl)cc(Cl)cc1Cl. The first-order chi connectivity index (χ1) is 12.5. The molecule has 0 unspecified atom stereocenters. The minimum Gasteiger partial charge on any atom is -0.463 e. The van der Waals surface area contributed by atoms with E-state index >= 15 is 0 Å². The van der Waals surface area contributed by atoms with E-state index in [1.807, 2.05) is 24.3 Å². The van der Waals surface area contributed by atoms with Crippen molar-refractivity contribution in [3.63, 3.8) is 0 Å². The van der Waals surface area contributed by atoms with E-state index in [-0.39, 0.29) is 22.5 Å². The van der Waals surface area contributed by atoms with E-state index in [0.717, 1.165) is 16.4 Å². The number of quaternary nitrogens is 1. The van der Waals surface area contributed by atoms with Crippen LogP contribution in [0.25, 0.3) is 0 Å². The van der Waals surface area contributed by atoms with Crippen LogP contribution >= 0.6 is 34.8 Å². The van der Waals surface area contributed by atoms with E-state index in [2.05, 4.69) is 5.32 Å². The molecule has 0 saturated carbocycles. The Morgan fingerprint density at radius 3 is 1.96 bits per heavy atom. The van der Waals surface area contributed by atoms with Gasteiger partial charge in [0.05, 0.1) is 28.3 Å².